The van der Waals surface area contributed by atoms with E-state index >= 15 is 0 Å². The molecule has 2 unspecified atom stereocenters. The number of hydrogen-bond donors (Lipinski definition) is 1. The van der Waals surface area contributed by atoms with Crippen LogP contribution in [-0.2, 0) is 6.42 Å². The maximum absolute atomic E-state index is 12.6. The molecule has 2 rings (SSSR count). The summed E-state index contributed by atoms with van der Waals surface area (Å²) in [7, 11) is 0. The number of nitrogens with one attached hydrogen (secondary N) is 1. The average Bonchev–Trinajstić information content (AvgIpc) is 2.94. The van der Waals surface area contributed by atoms with E-state index in [0.29, 0.717) is 11.8 Å². The van der Waals surface area contributed by atoms with Crippen molar-refractivity contribution in [2.45, 2.75) is 52.1 Å². The Labute approximate surface area is 115 Å². The van der Waals surface area contributed by atoms with Crippen molar-refractivity contribution in [1.82, 2.24) is 10.2 Å². The van der Waals surface area contributed by atoms with Gasteiger partial charge in [0.05, 0.1) is 0 Å². The molecular weight excluding hydrogens is 240 g/mol. The van der Waals surface area contributed by atoms with Crippen LogP contribution in [0.4, 0.5) is 0 Å². The predicted molar refractivity (Wildman–Crippen MR) is 75.3 cm³/mol. The van der Waals surface area contributed by atoms with Crippen molar-refractivity contribution in [3.63, 3.8) is 0 Å². The van der Waals surface area contributed by atoms with Crippen LogP contribution >= 0.6 is 0 Å². The number of rotatable bonds is 4. The molecular formula is C15H24N2O2. The zero-order valence-electron chi connectivity index (χ0n) is 12.1. The Bertz CT molecular complexity index is 428. The van der Waals surface area contributed by atoms with E-state index in [9.17, 15) is 4.79 Å². The molecule has 0 aliphatic carbocycles. The van der Waals surface area contributed by atoms with Gasteiger partial charge in [-0.05, 0) is 25.0 Å². The number of carbonyl (C=O) groups is 1. The fourth-order valence-electron chi connectivity index (χ4n) is 2.58. The molecule has 1 aliphatic heterocycles. The third-order valence-corrected chi connectivity index (χ3v) is 3.95. The highest BCUT2D eigenvalue weighted by atomic mass is 16.4. The maximum Gasteiger partial charge on any atom is 0.289 e. The van der Waals surface area contributed by atoms with Crippen molar-refractivity contribution in [3.8, 4) is 0 Å². The second-order valence-corrected chi connectivity index (χ2v) is 5.15. The average molecular weight is 264 g/mol. The third kappa shape index (κ3) is 3.00. The van der Waals surface area contributed by atoms with Crippen LogP contribution in [0.25, 0.3) is 0 Å². The summed E-state index contributed by atoms with van der Waals surface area (Å²) in [5, 5.41) is 3.50. The third-order valence-electron chi connectivity index (χ3n) is 3.95. The summed E-state index contributed by atoms with van der Waals surface area (Å²) < 4.78 is 5.60. The van der Waals surface area contributed by atoms with Gasteiger partial charge in [-0.25, -0.2) is 0 Å². The zero-order valence-corrected chi connectivity index (χ0v) is 12.1. The lowest BCUT2D eigenvalue weighted by Crippen LogP contribution is -2.57. The highest BCUT2D eigenvalue weighted by Crippen LogP contribution is 2.18. The smallest absolute Gasteiger partial charge is 0.289 e. The number of furan rings is 1. The number of aryl methyl sites for hydroxylation is 1. The van der Waals surface area contributed by atoms with Gasteiger partial charge < -0.3 is 14.6 Å². The lowest BCUT2D eigenvalue weighted by Gasteiger charge is -2.39. The van der Waals surface area contributed by atoms with Crippen LogP contribution in [0.1, 0.15) is 49.9 Å². The van der Waals surface area contributed by atoms with Gasteiger partial charge in [0, 0.05) is 31.6 Å². The monoisotopic (exact) mass is 264 g/mol. The molecule has 1 aromatic rings. The van der Waals surface area contributed by atoms with Gasteiger partial charge in [-0.2, -0.15) is 0 Å². The molecule has 1 N–H and O–H groups in total. The van der Waals surface area contributed by atoms with E-state index in [1.165, 1.54) is 0 Å². The molecule has 1 saturated heterocycles. The molecule has 1 aromatic heterocycles. The standard InChI is InChI=1S/C15H24N2O2/c1-4-11-10-17(12(5-2)9-16-11)15(18)14-8-7-13(6-3)19-14/h7-8,11-12,16H,4-6,9-10H2,1-3H3. The molecule has 19 heavy (non-hydrogen) atoms. The Kier molecular flexibility index (Phi) is 4.64. The van der Waals surface area contributed by atoms with Crippen molar-refractivity contribution in [2.75, 3.05) is 13.1 Å². The first-order chi connectivity index (χ1) is 9.19. The van der Waals surface area contributed by atoms with Crippen LogP contribution < -0.4 is 5.32 Å². The van der Waals surface area contributed by atoms with Gasteiger partial charge in [0.2, 0.25) is 0 Å². The van der Waals surface area contributed by atoms with E-state index in [1.54, 1.807) is 6.07 Å². The van der Waals surface area contributed by atoms with E-state index in [1.807, 2.05) is 17.9 Å². The normalized spacial score (nSPS) is 23.6. The highest BCUT2D eigenvalue weighted by Gasteiger charge is 2.31. The van der Waals surface area contributed by atoms with Crippen LogP contribution in [-0.4, -0.2) is 36.0 Å². The summed E-state index contributed by atoms with van der Waals surface area (Å²) in [5.74, 6) is 1.39. The van der Waals surface area contributed by atoms with Crippen LogP contribution in [0.15, 0.2) is 16.5 Å². The SMILES string of the molecule is CCc1ccc(C(=O)N2CC(CC)NCC2CC)o1. The van der Waals surface area contributed by atoms with Crippen molar-refractivity contribution in [1.29, 1.82) is 0 Å². The summed E-state index contributed by atoms with van der Waals surface area (Å²) >= 11 is 0. The van der Waals surface area contributed by atoms with E-state index < -0.39 is 0 Å². The highest BCUT2D eigenvalue weighted by molar-refractivity contribution is 5.92. The van der Waals surface area contributed by atoms with Crippen LogP contribution in [0, 0.1) is 0 Å². The predicted octanol–water partition coefficient (Wildman–Crippen LogP) is 2.44. The van der Waals surface area contributed by atoms with Crippen molar-refractivity contribution >= 4 is 5.91 Å². The van der Waals surface area contributed by atoms with Crippen molar-refractivity contribution in [3.05, 3.63) is 23.7 Å². The summed E-state index contributed by atoms with van der Waals surface area (Å²) in [6.07, 6.45) is 2.83. The van der Waals surface area contributed by atoms with Gasteiger partial charge in [-0.3, -0.25) is 4.79 Å². The molecule has 0 bridgehead atoms. The van der Waals surface area contributed by atoms with E-state index in [2.05, 4.69) is 19.2 Å². The summed E-state index contributed by atoms with van der Waals surface area (Å²) in [6, 6.07) is 4.36. The van der Waals surface area contributed by atoms with Crippen molar-refractivity contribution < 1.29 is 9.21 Å². The first-order valence-electron chi connectivity index (χ1n) is 7.32. The number of piperazine rings is 1. The topological polar surface area (TPSA) is 45.5 Å². The molecule has 1 aliphatic rings. The molecule has 2 heterocycles. The van der Waals surface area contributed by atoms with Crippen LogP contribution in [0.5, 0.6) is 0 Å². The lowest BCUT2D eigenvalue weighted by molar-refractivity contribution is 0.0542. The van der Waals surface area contributed by atoms with E-state index in [4.69, 9.17) is 4.42 Å². The quantitative estimate of drug-likeness (QED) is 0.908. The summed E-state index contributed by atoms with van der Waals surface area (Å²) in [5.41, 5.74) is 0. The molecule has 1 amide bonds. The second-order valence-electron chi connectivity index (χ2n) is 5.15. The number of nitrogens with zero attached hydrogens (tertiary/aromatic N) is 1. The fourth-order valence-corrected chi connectivity index (χ4v) is 2.58. The van der Waals surface area contributed by atoms with E-state index in [0.717, 1.165) is 38.1 Å². The molecule has 0 saturated carbocycles. The summed E-state index contributed by atoms with van der Waals surface area (Å²) in [6.45, 7) is 7.95. The second kappa shape index (κ2) is 6.24. The molecule has 106 valence electrons. The number of hydrogen-bond acceptors (Lipinski definition) is 3. The number of carbonyl (C=O) groups excluding carboxylic acids is 1. The Hall–Kier alpha value is -1.29. The molecule has 4 heteroatoms. The van der Waals surface area contributed by atoms with E-state index in [-0.39, 0.29) is 11.9 Å². The minimum absolute atomic E-state index is 0.0338. The Morgan fingerprint density at radius 3 is 2.74 bits per heavy atom. The largest absolute Gasteiger partial charge is 0.456 e. The van der Waals surface area contributed by atoms with Gasteiger partial charge in [0.15, 0.2) is 5.76 Å². The maximum atomic E-state index is 12.6. The first kappa shape index (κ1) is 14.1. The molecule has 2 atom stereocenters. The zero-order chi connectivity index (χ0) is 13.8. The Morgan fingerprint density at radius 2 is 2.16 bits per heavy atom. The number of amides is 1. The molecule has 0 aromatic carbocycles. The molecule has 0 radical (unpaired) electrons. The van der Waals surface area contributed by atoms with Gasteiger partial charge in [-0.1, -0.05) is 20.8 Å². The Balaban J connectivity index is 2.14. The molecule has 1 fully saturated rings. The van der Waals surface area contributed by atoms with Gasteiger partial charge in [0.25, 0.3) is 5.91 Å². The minimum atomic E-state index is 0.0338. The molecule has 0 spiro atoms. The fraction of sp³-hybridized carbons (Fsp3) is 0.667. The van der Waals surface area contributed by atoms with Gasteiger partial charge in [-0.15, -0.1) is 0 Å². The van der Waals surface area contributed by atoms with Gasteiger partial charge >= 0.3 is 0 Å². The van der Waals surface area contributed by atoms with Crippen LogP contribution in [0.2, 0.25) is 0 Å². The summed E-state index contributed by atoms with van der Waals surface area (Å²) in [4.78, 5) is 14.5. The molecule has 4 nitrogen and oxygen atoms in total. The lowest BCUT2D eigenvalue weighted by atomic mass is 10.0. The van der Waals surface area contributed by atoms with Gasteiger partial charge in [0.1, 0.15) is 5.76 Å². The minimum Gasteiger partial charge on any atom is -0.456 e. The first-order valence-corrected chi connectivity index (χ1v) is 7.32. The van der Waals surface area contributed by atoms with Crippen LogP contribution in [0.3, 0.4) is 0 Å². The van der Waals surface area contributed by atoms with Crippen molar-refractivity contribution in [2.24, 2.45) is 0 Å². The Morgan fingerprint density at radius 1 is 1.37 bits per heavy atom.